The van der Waals surface area contributed by atoms with Crippen molar-refractivity contribution in [2.24, 2.45) is 5.10 Å². The molecule has 0 N–H and O–H groups in total. The van der Waals surface area contributed by atoms with Crippen molar-refractivity contribution in [2.45, 2.75) is 6.61 Å². The highest BCUT2D eigenvalue weighted by atomic mass is 79.9. The van der Waals surface area contributed by atoms with E-state index in [1.165, 1.54) is 4.68 Å². The van der Waals surface area contributed by atoms with E-state index in [-0.39, 0.29) is 18.0 Å². The molecule has 41 heavy (non-hydrogen) atoms. The molecule has 0 amide bonds. The van der Waals surface area contributed by atoms with E-state index in [1.54, 1.807) is 61.9 Å². The minimum Gasteiger partial charge on any atom is -0.493 e. The molecule has 2 heterocycles. The fourth-order valence-electron chi connectivity index (χ4n) is 4.37. The standard InChI is InChI=1S/C31H20Br2ClN3O4/c1-39-27-8-4-5-18(29(27)40-17-19-9-10-21(32)15-24(19)33)16-35-37-30(36-25-7-3-2-6-23(25)31(37)38)28-14-20-13-22(34)11-12-26(20)41-28/h2-16H,17H2,1H3. The number of rotatable bonds is 7. The number of aromatic nitrogens is 2. The molecule has 0 saturated carbocycles. The number of benzene rings is 4. The summed E-state index contributed by atoms with van der Waals surface area (Å²) in [6, 6.07) is 25.5. The third-order valence-electron chi connectivity index (χ3n) is 6.38. The Balaban J connectivity index is 1.45. The normalized spacial score (nSPS) is 11.5. The summed E-state index contributed by atoms with van der Waals surface area (Å²) in [5.41, 5.74) is 2.36. The first kappa shape index (κ1) is 27.3. The van der Waals surface area contributed by atoms with Crippen molar-refractivity contribution < 1.29 is 13.9 Å². The number of hydrogen-bond acceptors (Lipinski definition) is 6. The molecule has 0 radical (unpaired) electrons. The average molecular weight is 694 g/mol. The highest BCUT2D eigenvalue weighted by Crippen LogP contribution is 2.33. The van der Waals surface area contributed by atoms with Gasteiger partial charge < -0.3 is 13.9 Å². The van der Waals surface area contributed by atoms with Crippen LogP contribution in [0.1, 0.15) is 11.1 Å². The van der Waals surface area contributed by atoms with Crippen LogP contribution in [0.15, 0.2) is 108 Å². The van der Waals surface area contributed by atoms with Crippen LogP contribution in [0.2, 0.25) is 5.02 Å². The predicted octanol–water partition coefficient (Wildman–Crippen LogP) is 8.46. The first-order valence-electron chi connectivity index (χ1n) is 12.4. The molecule has 0 unspecified atom stereocenters. The molecule has 6 aromatic rings. The zero-order valence-electron chi connectivity index (χ0n) is 21.5. The number of furan rings is 1. The van der Waals surface area contributed by atoms with Crippen LogP contribution in [0.4, 0.5) is 0 Å². The minimum absolute atomic E-state index is 0.251. The van der Waals surface area contributed by atoms with E-state index in [1.807, 2.05) is 36.4 Å². The molecule has 0 spiro atoms. The number of fused-ring (bicyclic) bond motifs is 2. The maximum absolute atomic E-state index is 13.7. The summed E-state index contributed by atoms with van der Waals surface area (Å²) in [6.45, 7) is 0.277. The Kier molecular flexibility index (Phi) is 7.66. The van der Waals surface area contributed by atoms with E-state index in [0.717, 1.165) is 19.9 Å². The number of nitrogens with zero attached hydrogens (tertiary/aromatic N) is 3. The summed E-state index contributed by atoms with van der Waals surface area (Å²) in [5, 5.41) is 6.38. The second-order valence-corrected chi connectivity index (χ2v) is 11.2. The fourth-order valence-corrected chi connectivity index (χ4v) is 5.72. The Morgan fingerprint density at radius 3 is 2.71 bits per heavy atom. The molecule has 0 saturated heterocycles. The second kappa shape index (κ2) is 11.5. The minimum atomic E-state index is -0.343. The molecule has 0 aliphatic rings. The van der Waals surface area contributed by atoms with Crippen LogP contribution in [-0.4, -0.2) is 23.0 Å². The van der Waals surface area contributed by atoms with E-state index in [2.05, 4.69) is 37.0 Å². The van der Waals surface area contributed by atoms with E-state index >= 15 is 0 Å². The van der Waals surface area contributed by atoms with Crippen molar-refractivity contribution in [1.82, 2.24) is 9.66 Å². The summed E-state index contributed by atoms with van der Waals surface area (Å²) in [4.78, 5) is 18.4. The molecule has 10 heteroatoms. The van der Waals surface area contributed by atoms with Crippen molar-refractivity contribution in [3.05, 3.63) is 120 Å². The van der Waals surface area contributed by atoms with Gasteiger partial charge in [-0.05, 0) is 60.7 Å². The molecule has 2 aromatic heterocycles. The molecule has 6 rings (SSSR count). The van der Waals surface area contributed by atoms with Crippen molar-refractivity contribution >= 4 is 71.5 Å². The lowest BCUT2D eigenvalue weighted by atomic mass is 10.2. The van der Waals surface area contributed by atoms with Gasteiger partial charge in [-0.2, -0.15) is 9.78 Å². The first-order valence-corrected chi connectivity index (χ1v) is 14.4. The summed E-state index contributed by atoms with van der Waals surface area (Å²) in [7, 11) is 1.57. The maximum Gasteiger partial charge on any atom is 0.282 e. The molecule has 0 bridgehead atoms. The fraction of sp³-hybridized carbons (Fsp3) is 0.0645. The van der Waals surface area contributed by atoms with Gasteiger partial charge in [0.2, 0.25) is 5.82 Å². The second-order valence-electron chi connectivity index (χ2n) is 9.01. The number of ether oxygens (including phenoxy) is 2. The van der Waals surface area contributed by atoms with Crippen LogP contribution < -0.4 is 15.0 Å². The Hall–Kier alpha value is -3.92. The van der Waals surface area contributed by atoms with Gasteiger partial charge in [-0.25, -0.2) is 4.98 Å². The van der Waals surface area contributed by atoms with E-state index in [9.17, 15) is 4.79 Å². The van der Waals surface area contributed by atoms with Gasteiger partial charge in [0.25, 0.3) is 5.56 Å². The molecular weight excluding hydrogens is 674 g/mol. The van der Waals surface area contributed by atoms with Crippen molar-refractivity contribution in [3.63, 3.8) is 0 Å². The maximum atomic E-state index is 13.7. The SMILES string of the molecule is COc1cccc(C=Nn2c(-c3cc4cc(Cl)ccc4o3)nc3ccccc3c2=O)c1OCc1ccc(Br)cc1Br. The van der Waals surface area contributed by atoms with Crippen LogP contribution in [0.3, 0.4) is 0 Å². The summed E-state index contributed by atoms with van der Waals surface area (Å²) in [6.07, 6.45) is 1.55. The van der Waals surface area contributed by atoms with Crippen LogP contribution in [0.5, 0.6) is 11.5 Å². The van der Waals surface area contributed by atoms with Gasteiger partial charge in [0, 0.05) is 30.5 Å². The molecule has 0 atom stereocenters. The molecule has 0 aliphatic heterocycles. The highest BCUT2D eigenvalue weighted by Gasteiger charge is 2.17. The summed E-state index contributed by atoms with van der Waals surface area (Å²) in [5.74, 6) is 1.64. The van der Waals surface area contributed by atoms with Crippen molar-refractivity contribution in [3.8, 4) is 23.1 Å². The average Bonchev–Trinajstić information content (AvgIpc) is 3.39. The zero-order chi connectivity index (χ0) is 28.5. The zero-order valence-corrected chi connectivity index (χ0v) is 25.4. The number of hydrogen-bond donors (Lipinski definition) is 0. The smallest absolute Gasteiger partial charge is 0.282 e. The van der Waals surface area contributed by atoms with Crippen molar-refractivity contribution in [1.29, 1.82) is 0 Å². The summed E-state index contributed by atoms with van der Waals surface area (Å²) < 4.78 is 21.0. The van der Waals surface area contributed by atoms with E-state index in [0.29, 0.717) is 44.3 Å². The Morgan fingerprint density at radius 1 is 1.02 bits per heavy atom. The quantitative estimate of drug-likeness (QED) is 0.157. The summed E-state index contributed by atoms with van der Waals surface area (Å²) >= 11 is 13.2. The largest absolute Gasteiger partial charge is 0.493 e. The Labute approximate surface area is 256 Å². The first-order chi connectivity index (χ1) is 19.9. The van der Waals surface area contributed by atoms with Crippen LogP contribution in [0.25, 0.3) is 33.5 Å². The lowest BCUT2D eigenvalue weighted by Gasteiger charge is -2.14. The lowest BCUT2D eigenvalue weighted by molar-refractivity contribution is 0.283. The number of para-hydroxylation sites is 2. The Bertz CT molecular complexity index is 2020. The third-order valence-corrected chi connectivity index (χ3v) is 7.85. The molecule has 0 fully saturated rings. The molecule has 204 valence electrons. The van der Waals surface area contributed by atoms with Gasteiger partial charge in [0.1, 0.15) is 12.2 Å². The third kappa shape index (κ3) is 5.53. The van der Waals surface area contributed by atoms with Crippen LogP contribution in [-0.2, 0) is 6.61 Å². The van der Waals surface area contributed by atoms with E-state index < -0.39 is 0 Å². The predicted molar refractivity (Wildman–Crippen MR) is 168 cm³/mol. The van der Waals surface area contributed by atoms with Gasteiger partial charge in [-0.1, -0.05) is 67.7 Å². The van der Waals surface area contributed by atoms with Crippen LogP contribution >= 0.6 is 43.5 Å². The van der Waals surface area contributed by atoms with Gasteiger partial charge in [0.05, 0.1) is 24.2 Å². The monoisotopic (exact) mass is 691 g/mol. The molecule has 0 aliphatic carbocycles. The Morgan fingerprint density at radius 2 is 1.88 bits per heavy atom. The highest BCUT2D eigenvalue weighted by molar-refractivity contribution is 9.11. The van der Waals surface area contributed by atoms with E-state index in [4.69, 9.17) is 30.5 Å². The topological polar surface area (TPSA) is 78.9 Å². The van der Waals surface area contributed by atoms with Crippen LogP contribution in [0, 0.1) is 0 Å². The number of halogens is 3. The van der Waals surface area contributed by atoms with Gasteiger partial charge in [-0.15, -0.1) is 0 Å². The van der Waals surface area contributed by atoms with Gasteiger partial charge >= 0.3 is 0 Å². The number of methoxy groups -OCH3 is 1. The van der Waals surface area contributed by atoms with Crippen molar-refractivity contribution in [2.75, 3.05) is 7.11 Å². The molecule has 4 aromatic carbocycles. The van der Waals surface area contributed by atoms with Gasteiger partial charge in [0.15, 0.2) is 17.3 Å². The molecule has 7 nitrogen and oxygen atoms in total. The lowest BCUT2D eigenvalue weighted by Crippen LogP contribution is -2.20. The molecular formula is C31H20Br2ClN3O4. The van der Waals surface area contributed by atoms with Gasteiger partial charge in [-0.3, -0.25) is 4.79 Å².